The van der Waals surface area contributed by atoms with Gasteiger partial charge in [0.05, 0.1) is 0 Å². The van der Waals surface area contributed by atoms with Crippen molar-refractivity contribution in [3.8, 4) is 0 Å². The zero-order valence-electron chi connectivity index (χ0n) is 11.1. The summed E-state index contributed by atoms with van der Waals surface area (Å²) in [5.41, 5.74) is 0. The molecular formula is C13H25N3O. The summed E-state index contributed by atoms with van der Waals surface area (Å²) in [5, 5.41) is 3.39. The van der Waals surface area contributed by atoms with Gasteiger partial charge in [-0.25, -0.2) is 0 Å². The summed E-state index contributed by atoms with van der Waals surface area (Å²) in [6.45, 7) is 4.32. The van der Waals surface area contributed by atoms with E-state index in [2.05, 4.69) is 17.3 Å². The molecule has 1 N–H and O–H groups in total. The fourth-order valence-corrected chi connectivity index (χ4v) is 2.96. The molecule has 0 spiro atoms. The number of nitrogens with one attached hydrogen (secondary N) is 1. The van der Waals surface area contributed by atoms with Crippen molar-refractivity contribution in [3.63, 3.8) is 0 Å². The highest BCUT2D eigenvalue weighted by atomic mass is 16.2. The smallest absolute Gasteiger partial charge is 0.223 e. The maximum Gasteiger partial charge on any atom is 0.223 e. The summed E-state index contributed by atoms with van der Waals surface area (Å²) in [5.74, 6) is 0.976. The third-order valence-electron chi connectivity index (χ3n) is 4.03. The molecule has 0 bridgehead atoms. The first-order valence-electron chi connectivity index (χ1n) is 6.81. The van der Waals surface area contributed by atoms with Crippen LogP contribution >= 0.6 is 0 Å². The van der Waals surface area contributed by atoms with Gasteiger partial charge >= 0.3 is 0 Å². The molecule has 0 aromatic carbocycles. The van der Waals surface area contributed by atoms with E-state index in [0.717, 1.165) is 26.1 Å². The Morgan fingerprint density at radius 1 is 1.47 bits per heavy atom. The highest BCUT2D eigenvalue weighted by molar-refractivity contribution is 5.76. The summed E-state index contributed by atoms with van der Waals surface area (Å²) >= 11 is 0. The number of carbonyl (C=O) groups excluding carboxylic acids is 1. The lowest BCUT2D eigenvalue weighted by atomic mass is 10.1. The van der Waals surface area contributed by atoms with Crippen LogP contribution in [0.3, 0.4) is 0 Å². The second-order valence-corrected chi connectivity index (χ2v) is 5.69. The van der Waals surface area contributed by atoms with Crippen molar-refractivity contribution in [1.82, 2.24) is 15.1 Å². The van der Waals surface area contributed by atoms with Crippen LogP contribution in [0.4, 0.5) is 0 Å². The first-order valence-corrected chi connectivity index (χ1v) is 6.81. The number of amides is 1. The van der Waals surface area contributed by atoms with Crippen LogP contribution < -0.4 is 5.32 Å². The Kier molecular flexibility index (Phi) is 4.40. The number of hydrogen-bond acceptors (Lipinski definition) is 3. The van der Waals surface area contributed by atoms with E-state index >= 15 is 0 Å². The molecule has 4 heteroatoms. The first kappa shape index (κ1) is 12.8. The highest BCUT2D eigenvalue weighted by Gasteiger charge is 2.24. The Morgan fingerprint density at radius 3 is 2.88 bits per heavy atom. The van der Waals surface area contributed by atoms with Gasteiger partial charge < -0.3 is 15.1 Å². The fraction of sp³-hybridized carbons (Fsp3) is 0.923. The molecule has 2 aliphatic heterocycles. The van der Waals surface area contributed by atoms with E-state index in [1.807, 2.05) is 11.9 Å². The van der Waals surface area contributed by atoms with Gasteiger partial charge in [-0.2, -0.15) is 0 Å². The van der Waals surface area contributed by atoms with E-state index in [1.54, 1.807) is 0 Å². The SMILES string of the molecule is CN1CCC(CN(C)C(=O)CC2CCCN2)C1. The lowest BCUT2D eigenvalue weighted by Gasteiger charge is -2.22. The van der Waals surface area contributed by atoms with E-state index in [1.165, 1.54) is 19.4 Å². The van der Waals surface area contributed by atoms with Gasteiger partial charge in [0.15, 0.2) is 0 Å². The van der Waals surface area contributed by atoms with Crippen LogP contribution in [0, 0.1) is 5.92 Å². The van der Waals surface area contributed by atoms with Gasteiger partial charge in [-0.15, -0.1) is 0 Å². The van der Waals surface area contributed by atoms with Crippen molar-refractivity contribution in [2.75, 3.05) is 40.3 Å². The van der Waals surface area contributed by atoms with Gasteiger partial charge in [0, 0.05) is 32.6 Å². The van der Waals surface area contributed by atoms with Crippen molar-refractivity contribution >= 4 is 5.91 Å². The summed E-state index contributed by atoms with van der Waals surface area (Å²) in [7, 11) is 4.11. The van der Waals surface area contributed by atoms with Crippen molar-refractivity contribution in [1.29, 1.82) is 0 Å². The molecule has 2 fully saturated rings. The molecule has 2 rings (SSSR count). The second kappa shape index (κ2) is 5.83. The van der Waals surface area contributed by atoms with Gasteiger partial charge in [0.1, 0.15) is 0 Å². The summed E-state index contributed by atoms with van der Waals surface area (Å²) in [4.78, 5) is 16.3. The van der Waals surface area contributed by atoms with Crippen LogP contribution in [0.2, 0.25) is 0 Å². The highest BCUT2D eigenvalue weighted by Crippen LogP contribution is 2.16. The first-order chi connectivity index (χ1) is 8.15. The van der Waals surface area contributed by atoms with E-state index in [9.17, 15) is 4.79 Å². The average Bonchev–Trinajstić information content (AvgIpc) is 2.90. The van der Waals surface area contributed by atoms with Gasteiger partial charge in [-0.3, -0.25) is 4.79 Å². The monoisotopic (exact) mass is 239 g/mol. The summed E-state index contributed by atoms with van der Waals surface area (Å²) in [6, 6.07) is 0.427. The maximum absolute atomic E-state index is 12.0. The van der Waals surface area contributed by atoms with E-state index < -0.39 is 0 Å². The molecule has 1 amide bonds. The van der Waals surface area contributed by atoms with Crippen LogP contribution in [0.15, 0.2) is 0 Å². The number of likely N-dealkylation sites (tertiary alicyclic amines) is 1. The Hall–Kier alpha value is -0.610. The lowest BCUT2D eigenvalue weighted by Crippen LogP contribution is -2.36. The van der Waals surface area contributed by atoms with Crippen molar-refractivity contribution < 1.29 is 4.79 Å². The number of hydrogen-bond donors (Lipinski definition) is 1. The summed E-state index contributed by atoms with van der Waals surface area (Å²) in [6.07, 6.45) is 4.29. The Balaban J connectivity index is 1.71. The van der Waals surface area contributed by atoms with Crippen LogP contribution in [-0.4, -0.2) is 62.0 Å². The van der Waals surface area contributed by atoms with Gasteiger partial charge in [0.2, 0.25) is 5.91 Å². The molecule has 2 atom stereocenters. The average molecular weight is 239 g/mol. The standard InChI is InChI=1S/C13H25N3O/c1-15-7-5-11(9-15)10-16(2)13(17)8-12-4-3-6-14-12/h11-12,14H,3-10H2,1-2H3. The molecule has 0 saturated carbocycles. The number of carbonyl (C=O) groups is 1. The Morgan fingerprint density at radius 2 is 2.29 bits per heavy atom. The maximum atomic E-state index is 12.0. The van der Waals surface area contributed by atoms with Gasteiger partial charge in [-0.1, -0.05) is 0 Å². The van der Waals surface area contributed by atoms with Crippen LogP contribution in [0.5, 0.6) is 0 Å². The molecule has 2 unspecified atom stereocenters. The third kappa shape index (κ3) is 3.68. The van der Waals surface area contributed by atoms with E-state index in [0.29, 0.717) is 24.3 Å². The minimum Gasteiger partial charge on any atom is -0.345 e. The normalized spacial score (nSPS) is 29.8. The van der Waals surface area contributed by atoms with Crippen LogP contribution in [0.1, 0.15) is 25.7 Å². The minimum atomic E-state index is 0.305. The molecule has 2 aliphatic rings. The van der Waals surface area contributed by atoms with E-state index in [-0.39, 0.29) is 0 Å². The molecule has 0 radical (unpaired) electrons. The van der Waals surface area contributed by atoms with Crippen molar-refractivity contribution in [2.24, 2.45) is 5.92 Å². The Bertz CT molecular complexity index is 263. The Labute approximate surface area is 104 Å². The van der Waals surface area contributed by atoms with Crippen molar-refractivity contribution in [3.05, 3.63) is 0 Å². The molecule has 2 saturated heterocycles. The van der Waals surface area contributed by atoms with Crippen LogP contribution in [-0.2, 0) is 4.79 Å². The second-order valence-electron chi connectivity index (χ2n) is 5.69. The molecular weight excluding hydrogens is 214 g/mol. The van der Waals surface area contributed by atoms with Gasteiger partial charge in [-0.05, 0) is 45.3 Å². The number of rotatable bonds is 4. The molecule has 98 valence electrons. The molecule has 0 aromatic heterocycles. The van der Waals surface area contributed by atoms with Crippen molar-refractivity contribution in [2.45, 2.75) is 31.7 Å². The predicted molar refractivity (Wildman–Crippen MR) is 68.9 cm³/mol. The topological polar surface area (TPSA) is 35.6 Å². The molecule has 2 heterocycles. The minimum absolute atomic E-state index is 0.305. The summed E-state index contributed by atoms with van der Waals surface area (Å²) < 4.78 is 0. The lowest BCUT2D eigenvalue weighted by molar-refractivity contribution is -0.130. The quantitative estimate of drug-likeness (QED) is 0.778. The zero-order chi connectivity index (χ0) is 12.3. The number of nitrogens with zero attached hydrogens (tertiary/aromatic N) is 2. The largest absolute Gasteiger partial charge is 0.345 e. The third-order valence-corrected chi connectivity index (χ3v) is 4.03. The zero-order valence-corrected chi connectivity index (χ0v) is 11.1. The molecule has 4 nitrogen and oxygen atoms in total. The molecule has 0 aliphatic carbocycles. The van der Waals surface area contributed by atoms with Crippen LogP contribution in [0.25, 0.3) is 0 Å². The predicted octanol–water partition coefficient (Wildman–Crippen LogP) is 0.539. The molecule has 0 aromatic rings. The van der Waals surface area contributed by atoms with E-state index in [4.69, 9.17) is 0 Å². The van der Waals surface area contributed by atoms with Gasteiger partial charge in [0.25, 0.3) is 0 Å². The fourth-order valence-electron chi connectivity index (χ4n) is 2.96. The molecule has 17 heavy (non-hydrogen) atoms.